The van der Waals surface area contributed by atoms with Crippen LogP contribution in [0.1, 0.15) is 48.2 Å². The predicted octanol–water partition coefficient (Wildman–Crippen LogP) is 4.13. The summed E-state index contributed by atoms with van der Waals surface area (Å²) in [6.45, 7) is 3.06. The van der Waals surface area contributed by atoms with Crippen molar-refractivity contribution in [1.82, 2.24) is 19.6 Å². The van der Waals surface area contributed by atoms with E-state index < -0.39 is 41.0 Å². The summed E-state index contributed by atoms with van der Waals surface area (Å²) in [4.78, 5) is 0. The van der Waals surface area contributed by atoms with Gasteiger partial charge < -0.3 is 5.11 Å². The van der Waals surface area contributed by atoms with E-state index in [0.29, 0.717) is 0 Å². The molecule has 2 aromatic rings. The molecule has 5 nitrogen and oxygen atoms in total. The molecule has 0 saturated carbocycles. The van der Waals surface area contributed by atoms with E-state index in [1.165, 1.54) is 6.92 Å². The van der Waals surface area contributed by atoms with E-state index in [2.05, 4.69) is 26.1 Å². The van der Waals surface area contributed by atoms with Crippen molar-refractivity contribution in [2.75, 3.05) is 0 Å². The summed E-state index contributed by atoms with van der Waals surface area (Å²) in [6, 6.07) is 0. The molecule has 0 aromatic carbocycles. The molecule has 1 N–H and O–H groups in total. The number of hydrogen-bond donors (Lipinski definition) is 1. The van der Waals surface area contributed by atoms with Crippen LogP contribution in [0.3, 0.4) is 0 Å². The van der Waals surface area contributed by atoms with Gasteiger partial charge >= 0.3 is 12.4 Å². The summed E-state index contributed by atoms with van der Waals surface area (Å²) in [7, 11) is 0. The summed E-state index contributed by atoms with van der Waals surface area (Å²) in [6.07, 6.45) is -10.7. The fraction of sp³-hybridized carbons (Fsp3) is 0.571. The molecule has 0 spiro atoms. The summed E-state index contributed by atoms with van der Waals surface area (Å²) < 4.78 is 81.1. The Bertz CT molecular complexity index is 780. The minimum absolute atomic E-state index is 0.0638. The van der Waals surface area contributed by atoms with Gasteiger partial charge in [-0.3, -0.25) is 9.36 Å². The van der Waals surface area contributed by atoms with Gasteiger partial charge in [0.25, 0.3) is 0 Å². The Balaban J connectivity index is 2.69. The van der Waals surface area contributed by atoms with Crippen molar-refractivity contribution in [3.63, 3.8) is 0 Å². The highest BCUT2D eigenvalue weighted by Gasteiger charge is 2.43. The standard InChI is InChI=1S/C14H15BrF6N4O/c1-3-24-6-8(12(22-24)14(19,20)21)10(26)9-7(5-15)11(13(16,17)18)23-25(9)4-2/h6,10,26H,3-5H2,1-2H3. The van der Waals surface area contributed by atoms with Crippen molar-refractivity contribution in [3.8, 4) is 0 Å². The second kappa shape index (κ2) is 7.22. The molecule has 0 fully saturated rings. The second-order valence-electron chi connectivity index (χ2n) is 5.35. The Kier molecular flexibility index (Phi) is 5.76. The first-order chi connectivity index (χ1) is 12.0. The van der Waals surface area contributed by atoms with Gasteiger partial charge in [-0.1, -0.05) is 15.9 Å². The van der Waals surface area contributed by atoms with Crippen LogP contribution in [0, 0.1) is 0 Å². The lowest BCUT2D eigenvalue weighted by molar-refractivity contribution is -0.143. The fourth-order valence-electron chi connectivity index (χ4n) is 2.59. The van der Waals surface area contributed by atoms with Crippen LogP contribution in [-0.4, -0.2) is 24.7 Å². The van der Waals surface area contributed by atoms with Gasteiger partial charge in [0.15, 0.2) is 11.4 Å². The van der Waals surface area contributed by atoms with Gasteiger partial charge in [-0.15, -0.1) is 0 Å². The largest absolute Gasteiger partial charge is 0.435 e. The normalized spacial score (nSPS) is 14.1. The lowest BCUT2D eigenvalue weighted by Gasteiger charge is -2.15. The number of hydrogen-bond acceptors (Lipinski definition) is 3. The Hall–Kier alpha value is -1.56. The first-order valence-corrected chi connectivity index (χ1v) is 8.63. The van der Waals surface area contributed by atoms with Crippen LogP contribution in [0.4, 0.5) is 26.3 Å². The first kappa shape index (κ1) is 20.7. The molecule has 0 aliphatic heterocycles. The summed E-state index contributed by atoms with van der Waals surface area (Å²) in [5.74, 6) is 0. The lowest BCUT2D eigenvalue weighted by Crippen LogP contribution is -2.15. The van der Waals surface area contributed by atoms with Crippen molar-refractivity contribution < 1.29 is 31.4 Å². The van der Waals surface area contributed by atoms with Gasteiger partial charge in [0, 0.05) is 35.7 Å². The number of aryl methyl sites for hydroxylation is 2. The average molecular weight is 449 g/mol. The molecule has 26 heavy (non-hydrogen) atoms. The van der Waals surface area contributed by atoms with Gasteiger partial charge in [0.1, 0.15) is 6.10 Å². The number of aromatic nitrogens is 4. The zero-order chi connectivity index (χ0) is 19.9. The number of rotatable bonds is 5. The van der Waals surface area contributed by atoms with E-state index in [0.717, 1.165) is 15.6 Å². The molecule has 0 aliphatic carbocycles. The van der Waals surface area contributed by atoms with Gasteiger partial charge in [-0.25, -0.2) is 0 Å². The second-order valence-corrected chi connectivity index (χ2v) is 5.91. The van der Waals surface area contributed by atoms with Crippen LogP contribution >= 0.6 is 15.9 Å². The zero-order valence-electron chi connectivity index (χ0n) is 13.7. The molecule has 146 valence electrons. The minimum Gasteiger partial charge on any atom is -0.382 e. The van der Waals surface area contributed by atoms with E-state index in [4.69, 9.17) is 0 Å². The van der Waals surface area contributed by atoms with Crippen LogP contribution in [0.15, 0.2) is 6.20 Å². The van der Waals surface area contributed by atoms with Crippen LogP contribution in [0.2, 0.25) is 0 Å². The highest BCUT2D eigenvalue weighted by atomic mass is 79.9. The fourth-order valence-corrected chi connectivity index (χ4v) is 3.14. The third kappa shape index (κ3) is 3.75. The van der Waals surface area contributed by atoms with E-state index in [1.54, 1.807) is 6.92 Å². The Morgan fingerprint density at radius 2 is 1.62 bits per heavy atom. The zero-order valence-corrected chi connectivity index (χ0v) is 15.2. The first-order valence-electron chi connectivity index (χ1n) is 7.50. The maximum absolute atomic E-state index is 13.2. The molecule has 0 radical (unpaired) electrons. The van der Waals surface area contributed by atoms with Crippen molar-refractivity contribution in [2.24, 2.45) is 0 Å². The number of halogens is 7. The van der Waals surface area contributed by atoms with Crippen molar-refractivity contribution >= 4 is 15.9 Å². The van der Waals surface area contributed by atoms with Gasteiger partial charge in [0.2, 0.25) is 0 Å². The van der Waals surface area contributed by atoms with Crippen LogP contribution < -0.4 is 0 Å². The molecular formula is C14H15BrF6N4O. The summed E-state index contributed by atoms with van der Waals surface area (Å²) in [5, 5.41) is 17.0. The van der Waals surface area contributed by atoms with Gasteiger partial charge in [-0.2, -0.15) is 36.5 Å². The van der Waals surface area contributed by atoms with Crippen LogP contribution in [-0.2, 0) is 30.8 Å². The van der Waals surface area contributed by atoms with E-state index in [1.807, 2.05) is 0 Å². The summed E-state index contributed by atoms with van der Waals surface area (Å²) in [5.41, 5.74) is -3.97. The Morgan fingerprint density at radius 1 is 1.04 bits per heavy atom. The molecule has 1 atom stereocenters. The van der Waals surface area contributed by atoms with E-state index >= 15 is 0 Å². The third-order valence-electron chi connectivity index (χ3n) is 3.73. The highest BCUT2D eigenvalue weighted by Crippen LogP contribution is 2.40. The predicted molar refractivity (Wildman–Crippen MR) is 82.5 cm³/mol. The van der Waals surface area contributed by atoms with Crippen LogP contribution in [0.25, 0.3) is 0 Å². The molecule has 0 amide bonds. The van der Waals surface area contributed by atoms with Crippen molar-refractivity contribution in [3.05, 3.63) is 34.4 Å². The molecule has 1 unspecified atom stereocenters. The van der Waals surface area contributed by atoms with Gasteiger partial charge in [0.05, 0.1) is 5.69 Å². The molecule has 12 heteroatoms. The monoisotopic (exact) mass is 448 g/mol. The van der Waals surface area contributed by atoms with Crippen molar-refractivity contribution in [1.29, 1.82) is 0 Å². The lowest BCUT2D eigenvalue weighted by atomic mass is 10.0. The molecular weight excluding hydrogens is 434 g/mol. The smallest absolute Gasteiger partial charge is 0.382 e. The highest BCUT2D eigenvalue weighted by molar-refractivity contribution is 9.08. The number of nitrogens with zero attached hydrogens (tertiary/aromatic N) is 4. The van der Waals surface area contributed by atoms with Crippen molar-refractivity contribution in [2.45, 2.75) is 50.7 Å². The molecule has 0 bridgehead atoms. The number of alkyl halides is 7. The number of aliphatic hydroxyl groups is 1. The molecule has 2 rings (SSSR count). The molecule has 2 heterocycles. The molecule has 0 aliphatic rings. The SMILES string of the molecule is CCn1cc(C(O)c2c(CBr)c(C(F)(F)F)nn2CC)c(C(F)(F)F)n1. The summed E-state index contributed by atoms with van der Waals surface area (Å²) >= 11 is 2.90. The maximum Gasteiger partial charge on any atom is 0.435 e. The van der Waals surface area contributed by atoms with Gasteiger partial charge in [-0.05, 0) is 13.8 Å². The molecule has 0 saturated heterocycles. The topological polar surface area (TPSA) is 55.9 Å². The minimum atomic E-state index is -4.87. The Morgan fingerprint density at radius 3 is 2.04 bits per heavy atom. The maximum atomic E-state index is 13.2. The van der Waals surface area contributed by atoms with E-state index in [9.17, 15) is 31.4 Å². The van der Waals surface area contributed by atoms with E-state index in [-0.39, 0.29) is 24.1 Å². The average Bonchev–Trinajstić information content (AvgIpc) is 3.14. The number of aliphatic hydroxyl groups excluding tert-OH is 1. The third-order valence-corrected chi connectivity index (χ3v) is 4.29. The quantitative estimate of drug-likeness (QED) is 0.552. The Labute approximate surface area is 152 Å². The molecule has 2 aromatic heterocycles. The van der Waals surface area contributed by atoms with Crippen LogP contribution in [0.5, 0.6) is 0 Å².